The number of carbonyl (C=O) groups is 1. The van der Waals surface area contributed by atoms with E-state index in [1.807, 2.05) is 6.07 Å². The minimum Gasteiger partial charge on any atom is -0.468 e. The Kier molecular flexibility index (Phi) is 3.87. The van der Waals surface area contributed by atoms with Crippen LogP contribution >= 0.6 is 0 Å². The van der Waals surface area contributed by atoms with E-state index >= 15 is 0 Å². The van der Waals surface area contributed by atoms with Crippen molar-refractivity contribution < 1.29 is 9.53 Å². The summed E-state index contributed by atoms with van der Waals surface area (Å²) in [5, 5.41) is 0. The standard InChI is InChI=1S/C14H20N2O2/c1-16-7-3-4-11-8-10(5-6-13(11)16)9-12(15)14(17)18-2/h5-6,8,12H,3-4,7,9,15H2,1-2H3. The van der Waals surface area contributed by atoms with E-state index in [4.69, 9.17) is 5.73 Å². The molecular formula is C14H20N2O2. The van der Waals surface area contributed by atoms with Crippen LogP contribution in [-0.4, -0.2) is 32.7 Å². The second-order valence-corrected chi connectivity index (χ2v) is 4.82. The van der Waals surface area contributed by atoms with Gasteiger partial charge >= 0.3 is 5.97 Å². The predicted octanol–water partition coefficient (Wildman–Crippen LogP) is 1.11. The van der Waals surface area contributed by atoms with Crippen LogP contribution in [0.2, 0.25) is 0 Å². The summed E-state index contributed by atoms with van der Waals surface area (Å²) in [6, 6.07) is 5.75. The highest BCUT2D eigenvalue weighted by molar-refractivity contribution is 5.75. The highest BCUT2D eigenvalue weighted by Crippen LogP contribution is 2.27. The van der Waals surface area contributed by atoms with Crippen LogP contribution in [0.1, 0.15) is 17.5 Å². The minimum absolute atomic E-state index is 0.357. The largest absolute Gasteiger partial charge is 0.468 e. The summed E-state index contributed by atoms with van der Waals surface area (Å²) in [4.78, 5) is 13.6. The van der Waals surface area contributed by atoms with Gasteiger partial charge in [-0.25, -0.2) is 0 Å². The SMILES string of the molecule is COC(=O)C(N)Cc1ccc2c(c1)CCCN2C. The maximum absolute atomic E-state index is 11.3. The summed E-state index contributed by atoms with van der Waals surface area (Å²) in [5.41, 5.74) is 9.51. The van der Waals surface area contributed by atoms with E-state index in [-0.39, 0.29) is 5.97 Å². The van der Waals surface area contributed by atoms with Gasteiger partial charge in [-0.1, -0.05) is 12.1 Å². The van der Waals surface area contributed by atoms with E-state index in [9.17, 15) is 4.79 Å². The maximum atomic E-state index is 11.3. The van der Waals surface area contributed by atoms with Gasteiger partial charge < -0.3 is 15.4 Å². The first-order chi connectivity index (χ1) is 8.61. The molecule has 0 aromatic heterocycles. The Bertz CT molecular complexity index is 445. The first-order valence-corrected chi connectivity index (χ1v) is 6.28. The molecule has 0 saturated carbocycles. The third kappa shape index (κ3) is 2.64. The number of esters is 1. The molecule has 1 unspecified atom stereocenters. The van der Waals surface area contributed by atoms with Crippen LogP contribution in [0.15, 0.2) is 18.2 Å². The number of fused-ring (bicyclic) bond motifs is 1. The van der Waals surface area contributed by atoms with Gasteiger partial charge in [-0.3, -0.25) is 4.79 Å². The van der Waals surface area contributed by atoms with Gasteiger partial charge in [-0.15, -0.1) is 0 Å². The van der Waals surface area contributed by atoms with Crippen molar-refractivity contribution in [3.63, 3.8) is 0 Å². The molecule has 1 atom stereocenters. The van der Waals surface area contributed by atoms with Gasteiger partial charge in [0.15, 0.2) is 0 Å². The topological polar surface area (TPSA) is 55.6 Å². The number of rotatable bonds is 3. The van der Waals surface area contributed by atoms with E-state index < -0.39 is 6.04 Å². The van der Waals surface area contributed by atoms with Crippen molar-refractivity contribution in [2.75, 3.05) is 25.6 Å². The van der Waals surface area contributed by atoms with Gasteiger partial charge in [0, 0.05) is 19.3 Å². The van der Waals surface area contributed by atoms with Crippen LogP contribution < -0.4 is 10.6 Å². The molecule has 98 valence electrons. The van der Waals surface area contributed by atoms with Crippen molar-refractivity contribution in [2.24, 2.45) is 5.73 Å². The molecule has 4 nitrogen and oxygen atoms in total. The number of methoxy groups -OCH3 is 1. The molecule has 0 spiro atoms. The number of nitrogens with two attached hydrogens (primary N) is 1. The molecule has 1 aliphatic heterocycles. The zero-order chi connectivity index (χ0) is 13.1. The number of benzene rings is 1. The Balaban J connectivity index is 2.14. The highest BCUT2D eigenvalue weighted by atomic mass is 16.5. The Labute approximate surface area is 108 Å². The number of anilines is 1. The van der Waals surface area contributed by atoms with Crippen LogP contribution in [0.25, 0.3) is 0 Å². The molecule has 0 amide bonds. The van der Waals surface area contributed by atoms with Crippen LogP contribution in [0, 0.1) is 0 Å². The third-order valence-corrected chi connectivity index (χ3v) is 3.45. The number of hydrogen-bond donors (Lipinski definition) is 1. The second-order valence-electron chi connectivity index (χ2n) is 4.82. The van der Waals surface area contributed by atoms with Crippen LogP contribution in [0.4, 0.5) is 5.69 Å². The molecule has 0 fully saturated rings. The lowest BCUT2D eigenvalue weighted by atomic mass is 9.97. The van der Waals surface area contributed by atoms with E-state index in [0.717, 1.165) is 18.5 Å². The van der Waals surface area contributed by atoms with E-state index in [1.165, 1.54) is 24.8 Å². The molecule has 1 aromatic carbocycles. The smallest absolute Gasteiger partial charge is 0.322 e. The Morgan fingerprint density at radius 1 is 1.56 bits per heavy atom. The third-order valence-electron chi connectivity index (χ3n) is 3.45. The number of carbonyl (C=O) groups excluding carboxylic acids is 1. The van der Waals surface area contributed by atoms with Crippen molar-refractivity contribution in [2.45, 2.75) is 25.3 Å². The summed E-state index contributed by atoms with van der Waals surface area (Å²) in [6.45, 7) is 1.11. The van der Waals surface area contributed by atoms with Crippen LogP contribution in [0.3, 0.4) is 0 Å². The fraction of sp³-hybridized carbons (Fsp3) is 0.500. The summed E-state index contributed by atoms with van der Waals surface area (Å²) < 4.78 is 4.64. The molecule has 4 heteroatoms. The molecule has 1 aromatic rings. The molecule has 1 heterocycles. The molecule has 0 aliphatic carbocycles. The van der Waals surface area contributed by atoms with Gasteiger partial charge in [-0.05, 0) is 36.5 Å². The van der Waals surface area contributed by atoms with Crippen molar-refractivity contribution in [3.05, 3.63) is 29.3 Å². The Morgan fingerprint density at radius 3 is 3.06 bits per heavy atom. The Hall–Kier alpha value is -1.55. The van der Waals surface area contributed by atoms with Gasteiger partial charge in [0.05, 0.1) is 7.11 Å². The fourth-order valence-electron chi connectivity index (χ4n) is 2.45. The van der Waals surface area contributed by atoms with E-state index in [2.05, 4.69) is 28.8 Å². The normalized spacial score (nSPS) is 16.1. The monoisotopic (exact) mass is 248 g/mol. The van der Waals surface area contributed by atoms with Gasteiger partial charge in [0.1, 0.15) is 6.04 Å². The fourth-order valence-corrected chi connectivity index (χ4v) is 2.45. The van der Waals surface area contributed by atoms with Crippen molar-refractivity contribution in [1.82, 2.24) is 0 Å². The minimum atomic E-state index is -0.575. The van der Waals surface area contributed by atoms with Crippen LogP contribution in [0.5, 0.6) is 0 Å². The number of nitrogens with zero attached hydrogens (tertiary/aromatic N) is 1. The molecule has 2 rings (SSSR count). The molecule has 0 radical (unpaired) electrons. The molecule has 18 heavy (non-hydrogen) atoms. The highest BCUT2D eigenvalue weighted by Gasteiger charge is 2.17. The lowest BCUT2D eigenvalue weighted by molar-refractivity contribution is -0.142. The first kappa shape index (κ1) is 12.9. The number of hydrogen-bond acceptors (Lipinski definition) is 4. The average Bonchev–Trinajstić information content (AvgIpc) is 2.38. The van der Waals surface area contributed by atoms with E-state index in [1.54, 1.807) is 0 Å². The van der Waals surface area contributed by atoms with Crippen molar-refractivity contribution in [3.8, 4) is 0 Å². The zero-order valence-corrected chi connectivity index (χ0v) is 11.0. The van der Waals surface area contributed by atoms with Crippen molar-refractivity contribution >= 4 is 11.7 Å². The van der Waals surface area contributed by atoms with Gasteiger partial charge in [0.25, 0.3) is 0 Å². The summed E-state index contributed by atoms with van der Waals surface area (Å²) >= 11 is 0. The van der Waals surface area contributed by atoms with Gasteiger partial charge in [-0.2, -0.15) is 0 Å². The summed E-state index contributed by atoms with van der Waals surface area (Å²) in [6.07, 6.45) is 2.81. The molecule has 0 saturated heterocycles. The molecule has 0 bridgehead atoms. The quantitative estimate of drug-likeness (QED) is 0.814. The lowest BCUT2D eigenvalue weighted by Crippen LogP contribution is -2.33. The number of aryl methyl sites for hydroxylation is 1. The van der Waals surface area contributed by atoms with Crippen molar-refractivity contribution in [1.29, 1.82) is 0 Å². The summed E-state index contributed by atoms with van der Waals surface area (Å²) in [7, 11) is 3.47. The van der Waals surface area contributed by atoms with Gasteiger partial charge in [0.2, 0.25) is 0 Å². The first-order valence-electron chi connectivity index (χ1n) is 6.28. The molecule has 1 aliphatic rings. The summed E-state index contributed by atoms with van der Waals surface area (Å²) in [5.74, 6) is -0.357. The predicted molar refractivity (Wildman–Crippen MR) is 71.7 cm³/mol. The zero-order valence-electron chi connectivity index (χ0n) is 11.0. The number of ether oxygens (including phenoxy) is 1. The second kappa shape index (κ2) is 5.40. The average molecular weight is 248 g/mol. The molecular weight excluding hydrogens is 228 g/mol. The van der Waals surface area contributed by atoms with E-state index in [0.29, 0.717) is 6.42 Å². The Morgan fingerprint density at radius 2 is 2.33 bits per heavy atom. The van der Waals surface area contributed by atoms with Crippen LogP contribution in [-0.2, 0) is 22.4 Å². The molecule has 2 N–H and O–H groups in total. The maximum Gasteiger partial charge on any atom is 0.322 e. The lowest BCUT2D eigenvalue weighted by Gasteiger charge is -2.28.